The zero-order valence-corrected chi connectivity index (χ0v) is 12.7. The first kappa shape index (κ1) is 13.8. The summed E-state index contributed by atoms with van der Waals surface area (Å²) in [4.78, 5) is 11.4. The summed E-state index contributed by atoms with van der Waals surface area (Å²) in [5, 5.41) is 3.50. The Morgan fingerprint density at radius 3 is 2.50 bits per heavy atom. The third kappa shape index (κ3) is 3.29. The summed E-state index contributed by atoms with van der Waals surface area (Å²) in [5.41, 5.74) is 1.19. The molecular formula is C16H26N4. The second-order valence-electron chi connectivity index (χ2n) is 6.49. The van der Waals surface area contributed by atoms with Gasteiger partial charge in [-0.15, -0.1) is 0 Å². The SMILES string of the molecule is CC1CCCCC1N(C)c1ncc(CNC2CC2)cn1. The van der Waals surface area contributed by atoms with Gasteiger partial charge in [0.1, 0.15) is 0 Å². The fourth-order valence-electron chi connectivity index (χ4n) is 3.19. The van der Waals surface area contributed by atoms with E-state index in [0.717, 1.165) is 24.5 Å². The van der Waals surface area contributed by atoms with Gasteiger partial charge in [-0.1, -0.05) is 19.8 Å². The molecule has 2 aliphatic carbocycles. The Bertz CT molecular complexity index is 427. The predicted molar refractivity (Wildman–Crippen MR) is 81.7 cm³/mol. The molecule has 20 heavy (non-hydrogen) atoms. The van der Waals surface area contributed by atoms with Crippen LogP contribution in [-0.4, -0.2) is 29.1 Å². The van der Waals surface area contributed by atoms with E-state index in [1.165, 1.54) is 44.1 Å². The van der Waals surface area contributed by atoms with E-state index >= 15 is 0 Å². The molecular weight excluding hydrogens is 248 g/mol. The molecule has 0 bridgehead atoms. The van der Waals surface area contributed by atoms with E-state index in [2.05, 4.69) is 34.2 Å². The lowest BCUT2D eigenvalue weighted by Crippen LogP contribution is -2.39. The lowest BCUT2D eigenvalue weighted by molar-refractivity contribution is 0.319. The molecule has 2 atom stereocenters. The topological polar surface area (TPSA) is 41.1 Å². The van der Waals surface area contributed by atoms with Crippen molar-refractivity contribution >= 4 is 5.95 Å². The van der Waals surface area contributed by atoms with Gasteiger partial charge in [0.25, 0.3) is 0 Å². The normalized spacial score (nSPS) is 26.5. The highest BCUT2D eigenvalue weighted by molar-refractivity contribution is 5.30. The first-order valence-electron chi connectivity index (χ1n) is 8.01. The number of aromatic nitrogens is 2. The number of nitrogens with one attached hydrogen (secondary N) is 1. The van der Waals surface area contributed by atoms with E-state index in [0.29, 0.717) is 6.04 Å². The minimum atomic E-state index is 0.596. The average molecular weight is 274 g/mol. The Morgan fingerprint density at radius 1 is 1.15 bits per heavy atom. The maximum Gasteiger partial charge on any atom is 0.225 e. The van der Waals surface area contributed by atoms with Crippen molar-refractivity contribution in [2.24, 2.45) is 5.92 Å². The first-order valence-corrected chi connectivity index (χ1v) is 8.01. The van der Waals surface area contributed by atoms with E-state index in [4.69, 9.17) is 0 Å². The number of nitrogens with zero attached hydrogens (tertiary/aromatic N) is 3. The molecule has 0 aromatic carbocycles. The van der Waals surface area contributed by atoms with Crippen molar-refractivity contribution in [2.45, 2.75) is 64.1 Å². The van der Waals surface area contributed by atoms with Crippen LogP contribution in [0.25, 0.3) is 0 Å². The molecule has 0 spiro atoms. The quantitative estimate of drug-likeness (QED) is 0.896. The van der Waals surface area contributed by atoms with Crippen LogP contribution >= 0.6 is 0 Å². The van der Waals surface area contributed by atoms with Gasteiger partial charge >= 0.3 is 0 Å². The highest BCUT2D eigenvalue weighted by Crippen LogP contribution is 2.29. The molecule has 0 amide bonds. The number of hydrogen-bond acceptors (Lipinski definition) is 4. The Labute approximate surface area is 122 Å². The summed E-state index contributed by atoms with van der Waals surface area (Å²) >= 11 is 0. The highest BCUT2D eigenvalue weighted by atomic mass is 15.3. The molecule has 2 unspecified atom stereocenters. The standard InChI is InChI=1S/C16H26N4/c1-12-5-3-4-6-15(12)20(2)16-18-10-13(11-19-16)9-17-14-7-8-14/h10-12,14-15,17H,3-9H2,1-2H3. The molecule has 2 saturated carbocycles. The Morgan fingerprint density at radius 2 is 1.85 bits per heavy atom. The molecule has 2 aliphatic rings. The van der Waals surface area contributed by atoms with Crippen LogP contribution in [0.2, 0.25) is 0 Å². The Hall–Kier alpha value is -1.16. The van der Waals surface area contributed by atoms with Gasteiger partial charge in [-0.2, -0.15) is 0 Å². The maximum atomic E-state index is 4.56. The van der Waals surface area contributed by atoms with E-state index in [1.54, 1.807) is 0 Å². The second kappa shape index (κ2) is 6.08. The van der Waals surface area contributed by atoms with Crippen molar-refractivity contribution in [3.8, 4) is 0 Å². The monoisotopic (exact) mass is 274 g/mol. The van der Waals surface area contributed by atoms with Crippen LogP contribution in [0.15, 0.2) is 12.4 Å². The summed E-state index contributed by atoms with van der Waals surface area (Å²) < 4.78 is 0. The summed E-state index contributed by atoms with van der Waals surface area (Å²) in [6.45, 7) is 3.25. The minimum Gasteiger partial charge on any atom is -0.341 e. The molecule has 0 saturated heterocycles. The van der Waals surface area contributed by atoms with Crippen molar-refractivity contribution in [3.05, 3.63) is 18.0 Å². The van der Waals surface area contributed by atoms with Gasteiger partial charge in [0.05, 0.1) is 0 Å². The van der Waals surface area contributed by atoms with Gasteiger partial charge in [0, 0.05) is 43.6 Å². The molecule has 0 aliphatic heterocycles. The van der Waals surface area contributed by atoms with Crippen LogP contribution < -0.4 is 10.2 Å². The molecule has 0 radical (unpaired) electrons. The largest absolute Gasteiger partial charge is 0.341 e. The van der Waals surface area contributed by atoms with Crippen molar-refractivity contribution in [1.29, 1.82) is 0 Å². The fraction of sp³-hybridized carbons (Fsp3) is 0.750. The van der Waals surface area contributed by atoms with Crippen LogP contribution in [0.1, 0.15) is 51.0 Å². The summed E-state index contributed by atoms with van der Waals surface area (Å²) in [5.74, 6) is 1.62. The average Bonchev–Trinajstić information content (AvgIpc) is 3.30. The van der Waals surface area contributed by atoms with Gasteiger partial charge in [-0.05, 0) is 31.6 Å². The Balaban J connectivity index is 1.60. The molecule has 2 fully saturated rings. The van der Waals surface area contributed by atoms with Gasteiger partial charge < -0.3 is 10.2 Å². The van der Waals surface area contributed by atoms with Crippen molar-refractivity contribution < 1.29 is 0 Å². The number of rotatable bonds is 5. The predicted octanol–water partition coefficient (Wildman–Crippen LogP) is 2.74. The molecule has 1 heterocycles. The summed E-state index contributed by atoms with van der Waals surface area (Å²) in [6.07, 6.45) is 11.9. The van der Waals surface area contributed by atoms with Gasteiger partial charge in [-0.3, -0.25) is 0 Å². The molecule has 1 aromatic heterocycles. The second-order valence-corrected chi connectivity index (χ2v) is 6.49. The van der Waals surface area contributed by atoms with Crippen molar-refractivity contribution in [2.75, 3.05) is 11.9 Å². The number of anilines is 1. The van der Waals surface area contributed by atoms with Crippen LogP contribution in [0.3, 0.4) is 0 Å². The lowest BCUT2D eigenvalue weighted by atomic mass is 9.85. The third-order valence-corrected chi connectivity index (χ3v) is 4.74. The van der Waals surface area contributed by atoms with Crippen molar-refractivity contribution in [3.63, 3.8) is 0 Å². The molecule has 1 aromatic rings. The smallest absolute Gasteiger partial charge is 0.225 e. The third-order valence-electron chi connectivity index (χ3n) is 4.74. The zero-order valence-electron chi connectivity index (χ0n) is 12.7. The van der Waals surface area contributed by atoms with Crippen molar-refractivity contribution in [1.82, 2.24) is 15.3 Å². The van der Waals surface area contributed by atoms with Crippen LogP contribution in [0.5, 0.6) is 0 Å². The minimum absolute atomic E-state index is 0.596. The number of hydrogen-bond donors (Lipinski definition) is 1. The van der Waals surface area contributed by atoms with E-state index < -0.39 is 0 Å². The van der Waals surface area contributed by atoms with Crippen LogP contribution in [0, 0.1) is 5.92 Å². The Kier molecular flexibility index (Phi) is 4.20. The molecule has 4 nitrogen and oxygen atoms in total. The van der Waals surface area contributed by atoms with Gasteiger partial charge in [-0.25, -0.2) is 9.97 Å². The van der Waals surface area contributed by atoms with Gasteiger partial charge in [0.2, 0.25) is 5.95 Å². The summed E-state index contributed by atoms with van der Waals surface area (Å²) in [7, 11) is 2.14. The fourth-order valence-corrected chi connectivity index (χ4v) is 3.19. The first-order chi connectivity index (χ1) is 9.74. The van der Waals surface area contributed by atoms with E-state index in [1.807, 2.05) is 12.4 Å². The van der Waals surface area contributed by atoms with Gasteiger partial charge in [0.15, 0.2) is 0 Å². The molecule has 4 heteroatoms. The zero-order chi connectivity index (χ0) is 13.9. The summed E-state index contributed by atoms with van der Waals surface area (Å²) in [6, 6.07) is 1.33. The van der Waals surface area contributed by atoms with E-state index in [9.17, 15) is 0 Å². The molecule has 1 N–H and O–H groups in total. The van der Waals surface area contributed by atoms with Crippen LogP contribution in [-0.2, 0) is 6.54 Å². The lowest BCUT2D eigenvalue weighted by Gasteiger charge is -2.36. The maximum absolute atomic E-state index is 4.56. The van der Waals surface area contributed by atoms with E-state index in [-0.39, 0.29) is 0 Å². The molecule has 110 valence electrons. The highest BCUT2D eigenvalue weighted by Gasteiger charge is 2.26. The van der Waals surface area contributed by atoms with Crippen LogP contribution in [0.4, 0.5) is 5.95 Å². The molecule has 3 rings (SSSR count).